The smallest absolute Gasteiger partial charge is 0.245 e. The molecule has 0 saturated carbocycles. The second-order valence-electron chi connectivity index (χ2n) is 7.81. The Labute approximate surface area is 168 Å². The Morgan fingerprint density at radius 1 is 1.14 bits per heavy atom. The number of hydrogen-bond acceptors (Lipinski definition) is 2. The van der Waals surface area contributed by atoms with Gasteiger partial charge in [0.1, 0.15) is 12.6 Å². The number of aromatic nitrogens is 1. The maximum atomic E-state index is 13.3. The summed E-state index contributed by atoms with van der Waals surface area (Å²) in [6.45, 7) is 3.52. The highest BCUT2D eigenvalue weighted by molar-refractivity contribution is 6.31. The van der Waals surface area contributed by atoms with Gasteiger partial charge >= 0.3 is 0 Å². The van der Waals surface area contributed by atoms with Crippen molar-refractivity contribution in [3.63, 3.8) is 0 Å². The van der Waals surface area contributed by atoms with Crippen LogP contribution in [-0.2, 0) is 16.1 Å². The second-order valence-corrected chi connectivity index (χ2v) is 8.25. The molecule has 1 aromatic heterocycles. The molecule has 2 amide bonds. The number of fused-ring (bicyclic) bond motifs is 4. The predicted molar refractivity (Wildman–Crippen MR) is 110 cm³/mol. The van der Waals surface area contributed by atoms with Crippen LogP contribution in [0, 0.1) is 0 Å². The fraction of sp³-hybridized carbons (Fsp3) is 0.364. The van der Waals surface area contributed by atoms with E-state index in [1.807, 2.05) is 52.8 Å². The summed E-state index contributed by atoms with van der Waals surface area (Å²) in [6, 6.07) is 13.6. The quantitative estimate of drug-likeness (QED) is 0.664. The number of nitrogens with zero attached hydrogens (tertiary/aromatic N) is 3. The zero-order valence-corrected chi connectivity index (χ0v) is 16.5. The van der Waals surface area contributed by atoms with Gasteiger partial charge in [0.05, 0.1) is 0 Å². The molecule has 3 aromatic rings. The molecule has 0 bridgehead atoms. The lowest BCUT2D eigenvalue weighted by Crippen LogP contribution is -2.60. The van der Waals surface area contributed by atoms with E-state index in [0.717, 1.165) is 41.2 Å². The highest BCUT2D eigenvalue weighted by Gasteiger charge is 2.42. The van der Waals surface area contributed by atoms with Crippen molar-refractivity contribution in [1.82, 2.24) is 14.4 Å². The first kappa shape index (κ1) is 17.6. The standard InChI is InChI=1S/C22H22ClN3O2/c1-14-22(28)24-10-4-5-16(24)12-25(14)21(27)13-26-19-7-3-2-6-17(19)18-11-15(23)8-9-20(18)26/h2-3,6-9,11,14,16H,4-5,10,12-13H2,1H3/t14-,16-/m0/s1. The van der Waals surface area contributed by atoms with Crippen molar-refractivity contribution in [1.29, 1.82) is 0 Å². The third kappa shape index (κ3) is 2.60. The van der Waals surface area contributed by atoms with Gasteiger partial charge in [0, 0.05) is 46.0 Å². The van der Waals surface area contributed by atoms with Crippen LogP contribution in [0.5, 0.6) is 0 Å². The molecule has 2 aliphatic rings. The third-order valence-electron chi connectivity index (χ3n) is 6.24. The predicted octanol–water partition coefficient (Wildman–Crippen LogP) is 3.67. The molecular formula is C22H22ClN3O2. The molecule has 2 atom stereocenters. The number of carbonyl (C=O) groups is 2. The summed E-state index contributed by atoms with van der Waals surface area (Å²) in [5.41, 5.74) is 1.99. The van der Waals surface area contributed by atoms with Gasteiger partial charge in [-0.2, -0.15) is 0 Å². The monoisotopic (exact) mass is 395 g/mol. The van der Waals surface area contributed by atoms with Gasteiger partial charge in [-0.1, -0.05) is 29.8 Å². The van der Waals surface area contributed by atoms with Gasteiger partial charge in [-0.25, -0.2) is 0 Å². The van der Waals surface area contributed by atoms with E-state index in [1.165, 1.54) is 0 Å². The molecule has 0 spiro atoms. The molecule has 3 heterocycles. The van der Waals surface area contributed by atoms with E-state index in [2.05, 4.69) is 6.07 Å². The Kier molecular flexibility index (Phi) is 4.09. The molecule has 144 valence electrons. The van der Waals surface area contributed by atoms with Crippen molar-refractivity contribution in [3.05, 3.63) is 47.5 Å². The summed E-state index contributed by atoms with van der Waals surface area (Å²) in [5.74, 6) is 0.0705. The summed E-state index contributed by atoms with van der Waals surface area (Å²) in [7, 11) is 0. The molecule has 2 fully saturated rings. The molecule has 5 nitrogen and oxygen atoms in total. The highest BCUT2D eigenvalue weighted by atomic mass is 35.5. The van der Waals surface area contributed by atoms with Crippen LogP contribution >= 0.6 is 11.6 Å². The van der Waals surface area contributed by atoms with Crippen molar-refractivity contribution >= 4 is 45.2 Å². The number of para-hydroxylation sites is 1. The maximum absolute atomic E-state index is 13.3. The Morgan fingerprint density at radius 2 is 1.93 bits per heavy atom. The normalized spacial score (nSPS) is 22.3. The molecule has 5 rings (SSSR count). The minimum absolute atomic E-state index is 0.00926. The number of piperazine rings is 1. The minimum Gasteiger partial charge on any atom is -0.336 e. The fourth-order valence-corrected chi connectivity index (χ4v) is 4.99. The molecule has 6 heteroatoms. The van der Waals surface area contributed by atoms with Crippen LogP contribution in [0.4, 0.5) is 0 Å². The van der Waals surface area contributed by atoms with E-state index in [1.54, 1.807) is 4.90 Å². The Bertz CT molecular complexity index is 1110. The average Bonchev–Trinajstić information content (AvgIpc) is 3.28. The van der Waals surface area contributed by atoms with Gasteiger partial charge in [0.15, 0.2) is 0 Å². The van der Waals surface area contributed by atoms with E-state index in [-0.39, 0.29) is 24.4 Å². The van der Waals surface area contributed by atoms with Gasteiger partial charge in [-0.15, -0.1) is 0 Å². The van der Waals surface area contributed by atoms with Crippen molar-refractivity contribution in [2.45, 2.75) is 38.4 Å². The highest BCUT2D eigenvalue weighted by Crippen LogP contribution is 2.32. The van der Waals surface area contributed by atoms with Crippen LogP contribution in [0.1, 0.15) is 19.8 Å². The van der Waals surface area contributed by atoms with Gasteiger partial charge in [-0.05, 0) is 44.0 Å². The van der Waals surface area contributed by atoms with Crippen LogP contribution in [0.15, 0.2) is 42.5 Å². The van der Waals surface area contributed by atoms with E-state index in [9.17, 15) is 9.59 Å². The minimum atomic E-state index is -0.399. The molecule has 0 unspecified atom stereocenters. The SMILES string of the molecule is C[C@H]1C(=O)N2CCC[C@H]2CN1C(=O)Cn1c2ccccc2c2cc(Cl)ccc21. The Hall–Kier alpha value is -2.53. The van der Waals surface area contributed by atoms with Crippen molar-refractivity contribution in [2.24, 2.45) is 0 Å². The van der Waals surface area contributed by atoms with Crippen molar-refractivity contribution < 1.29 is 9.59 Å². The fourth-order valence-electron chi connectivity index (χ4n) is 4.81. The molecule has 28 heavy (non-hydrogen) atoms. The van der Waals surface area contributed by atoms with E-state index in [0.29, 0.717) is 11.6 Å². The summed E-state index contributed by atoms with van der Waals surface area (Å²) < 4.78 is 2.04. The van der Waals surface area contributed by atoms with Gasteiger partial charge in [0.2, 0.25) is 11.8 Å². The maximum Gasteiger partial charge on any atom is 0.245 e. The Balaban J connectivity index is 1.52. The summed E-state index contributed by atoms with van der Waals surface area (Å²) in [5, 5.41) is 2.80. The number of benzene rings is 2. The van der Waals surface area contributed by atoms with Crippen LogP contribution in [0.3, 0.4) is 0 Å². The van der Waals surface area contributed by atoms with Crippen molar-refractivity contribution in [2.75, 3.05) is 13.1 Å². The first-order valence-electron chi connectivity index (χ1n) is 9.81. The van der Waals surface area contributed by atoms with Crippen molar-refractivity contribution in [3.8, 4) is 0 Å². The molecule has 0 aliphatic carbocycles. The average molecular weight is 396 g/mol. The van der Waals surface area contributed by atoms with Gasteiger partial charge < -0.3 is 14.4 Å². The van der Waals surface area contributed by atoms with Gasteiger partial charge in [-0.3, -0.25) is 9.59 Å². The zero-order valence-electron chi connectivity index (χ0n) is 15.8. The number of rotatable bonds is 2. The summed E-state index contributed by atoms with van der Waals surface area (Å²) in [6.07, 6.45) is 2.01. The van der Waals surface area contributed by atoms with Gasteiger partial charge in [0.25, 0.3) is 0 Å². The first-order valence-corrected chi connectivity index (χ1v) is 10.2. The molecule has 2 aromatic carbocycles. The van der Waals surface area contributed by atoms with E-state index >= 15 is 0 Å². The van der Waals surface area contributed by atoms with E-state index < -0.39 is 6.04 Å². The van der Waals surface area contributed by atoms with Crippen LogP contribution in [0.2, 0.25) is 5.02 Å². The zero-order chi connectivity index (χ0) is 19.4. The summed E-state index contributed by atoms with van der Waals surface area (Å²) >= 11 is 6.22. The lowest BCUT2D eigenvalue weighted by molar-refractivity contribution is -0.152. The van der Waals surface area contributed by atoms with E-state index in [4.69, 9.17) is 11.6 Å². The molecular weight excluding hydrogens is 374 g/mol. The van der Waals surface area contributed by atoms with Crippen LogP contribution in [0.25, 0.3) is 21.8 Å². The third-order valence-corrected chi connectivity index (χ3v) is 6.48. The first-order chi connectivity index (χ1) is 13.5. The topological polar surface area (TPSA) is 45.6 Å². The lowest BCUT2D eigenvalue weighted by atomic mass is 10.1. The second kappa shape index (κ2) is 6.52. The molecule has 0 N–H and O–H groups in total. The number of carbonyl (C=O) groups excluding carboxylic acids is 2. The largest absolute Gasteiger partial charge is 0.336 e. The lowest BCUT2D eigenvalue weighted by Gasteiger charge is -2.41. The summed E-state index contributed by atoms with van der Waals surface area (Å²) in [4.78, 5) is 29.7. The number of hydrogen-bond donors (Lipinski definition) is 0. The molecule has 2 aliphatic heterocycles. The molecule has 2 saturated heterocycles. The number of amides is 2. The van der Waals surface area contributed by atoms with Crippen LogP contribution in [-0.4, -0.2) is 51.4 Å². The Morgan fingerprint density at radius 3 is 2.79 bits per heavy atom. The number of halogens is 1. The molecule has 0 radical (unpaired) electrons. The van der Waals surface area contributed by atoms with Crippen LogP contribution < -0.4 is 0 Å².